The van der Waals surface area contributed by atoms with Gasteiger partial charge in [0.2, 0.25) is 0 Å². The molecule has 0 aromatic heterocycles. The van der Waals surface area contributed by atoms with E-state index in [1.54, 1.807) is 7.11 Å². The number of hydrogen-bond donors (Lipinski definition) is 4. The molecule has 2 rings (SSSR count). The van der Waals surface area contributed by atoms with Gasteiger partial charge in [-0.2, -0.15) is 5.01 Å². The summed E-state index contributed by atoms with van der Waals surface area (Å²) in [7, 11) is 1.73. The Balaban J connectivity index is 1.80. The van der Waals surface area contributed by atoms with Gasteiger partial charge in [0.05, 0.1) is 25.5 Å². The Morgan fingerprint density at radius 3 is 2.78 bits per heavy atom. The van der Waals surface area contributed by atoms with E-state index in [0.717, 1.165) is 19.3 Å². The van der Waals surface area contributed by atoms with E-state index < -0.39 is 0 Å². The van der Waals surface area contributed by atoms with Crippen molar-refractivity contribution in [3.63, 3.8) is 0 Å². The number of hydrogen-bond acceptors (Lipinski definition) is 5. The lowest BCUT2D eigenvalue weighted by Gasteiger charge is -2.34. The van der Waals surface area contributed by atoms with Crippen molar-refractivity contribution >= 4 is 28.9 Å². The third-order valence-corrected chi connectivity index (χ3v) is 3.87. The summed E-state index contributed by atoms with van der Waals surface area (Å²) in [6.45, 7) is 1.41. The molecule has 1 saturated heterocycles. The molecule has 1 heterocycles. The molecule has 1 saturated carbocycles. The number of nitrogens with zero attached hydrogens (tertiary/aromatic N) is 1. The fourth-order valence-electron chi connectivity index (χ4n) is 2.31. The summed E-state index contributed by atoms with van der Waals surface area (Å²) < 4.78 is 5.48. The summed E-state index contributed by atoms with van der Waals surface area (Å²) in [5.74, 6) is 0. The van der Waals surface area contributed by atoms with E-state index in [2.05, 4.69) is 21.6 Å². The normalized spacial score (nSPS) is 33.3. The van der Waals surface area contributed by atoms with Crippen LogP contribution in [-0.2, 0) is 4.74 Å². The van der Waals surface area contributed by atoms with Crippen LogP contribution in [0.4, 0.5) is 0 Å². The summed E-state index contributed by atoms with van der Waals surface area (Å²) in [6, 6.07) is 0.176. The molecule has 1 aliphatic heterocycles. The maximum atomic E-state index is 6.20. The molecule has 0 radical (unpaired) electrons. The zero-order valence-corrected chi connectivity index (χ0v) is 12.0. The van der Waals surface area contributed by atoms with Gasteiger partial charge in [0.15, 0.2) is 5.11 Å². The van der Waals surface area contributed by atoms with Crippen LogP contribution >= 0.6 is 23.8 Å². The molecule has 18 heavy (non-hydrogen) atoms. The molecule has 0 aromatic rings. The highest BCUT2D eigenvalue weighted by molar-refractivity contribution is 7.80. The highest BCUT2D eigenvalue weighted by Gasteiger charge is 2.30. The fourth-order valence-corrected chi connectivity index (χ4v) is 2.91. The zero-order chi connectivity index (χ0) is 13.0. The largest absolute Gasteiger partial charge is 0.379 e. The fraction of sp³-hybridized carbons (Fsp3) is 0.900. The summed E-state index contributed by atoms with van der Waals surface area (Å²) >= 11 is 11.5. The second kappa shape index (κ2) is 6.83. The molecule has 8 heteroatoms. The summed E-state index contributed by atoms with van der Waals surface area (Å²) in [6.07, 6.45) is 3.02. The zero-order valence-electron chi connectivity index (χ0n) is 10.4. The standard InChI is InChI=1S/C10H20ClN5OS/c1-17-9-3-2-7(11)4-8(9)14-10(18)15-16-5-12-13-6-16/h7-9,12-13H,2-6H2,1H3,(H2,14,15,18). The number of alkyl halides is 1. The lowest BCUT2D eigenvalue weighted by Crippen LogP contribution is -2.54. The molecule has 3 atom stereocenters. The smallest absolute Gasteiger partial charge is 0.181 e. The average molecular weight is 294 g/mol. The number of hydrazine groups is 2. The Morgan fingerprint density at radius 1 is 1.39 bits per heavy atom. The monoisotopic (exact) mass is 293 g/mol. The van der Waals surface area contributed by atoms with E-state index in [1.807, 2.05) is 5.01 Å². The van der Waals surface area contributed by atoms with Gasteiger partial charge >= 0.3 is 0 Å². The lowest BCUT2D eigenvalue weighted by molar-refractivity contribution is 0.0486. The molecule has 2 fully saturated rings. The Kier molecular flexibility index (Phi) is 5.40. The van der Waals surface area contributed by atoms with Crippen LogP contribution in [0.15, 0.2) is 0 Å². The van der Waals surface area contributed by atoms with Gasteiger partial charge in [0.1, 0.15) is 0 Å². The predicted molar refractivity (Wildman–Crippen MR) is 74.8 cm³/mol. The number of nitrogens with one attached hydrogen (secondary N) is 4. The first-order chi connectivity index (χ1) is 8.69. The number of thiocarbonyl (C=S) groups is 1. The summed E-state index contributed by atoms with van der Waals surface area (Å²) in [5, 5.41) is 6.04. The van der Waals surface area contributed by atoms with Gasteiger partial charge < -0.3 is 10.1 Å². The Bertz CT molecular complexity index is 289. The van der Waals surface area contributed by atoms with Gasteiger partial charge in [-0.1, -0.05) is 0 Å². The van der Waals surface area contributed by atoms with Crippen molar-refractivity contribution in [3.05, 3.63) is 0 Å². The molecule has 104 valence electrons. The second-order valence-electron chi connectivity index (χ2n) is 4.59. The van der Waals surface area contributed by atoms with E-state index in [9.17, 15) is 0 Å². The number of rotatable bonds is 3. The number of halogens is 1. The third kappa shape index (κ3) is 3.91. The van der Waals surface area contributed by atoms with Crippen molar-refractivity contribution in [2.24, 2.45) is 0 Å². The molecule has 0 amide bonds. The Morgan fingerprint density at radius 2 is 2.11 bits per heavy atom. The first-order valence-electron chi connectivity index (χ1n) is 6.13. The van der Waals surface area contributed by atoms with E-state index in [1.165, 1.54) is 0 Å². The molecule has 4 N–H and O–H groups in total. The van der Waals surface area contributed by atoms with Crippen LogP contribution in [0.3, 0.4) is 0 Å². The third-order valence-electron chi connectivity index (χ3n) is 3.27. The van der Waals surface area contributed by atoms with Crippen molar-refractivity contribution in [1.29, 1.82) is 0 Å². The van der Waals surface area contributed by atoms with Gasteiger partial charge in [0, 0.05) is 12.5 Å². The molecule has 1 aliphatic carbocycles. The van der Waals surface area contributed by atoms with Crippen LogP contribution in [0.1, 0.15) is 19.3 Å². The summed E-state index contributed by atoms with van der Waals surface area (Å²) in [4.78, 5) is 0. The van der Waals surface area contributed by atoms with Gasteiger partial charge in [-0.25, -0.2) is 10.9 Å². The van der Waals surface area contributed by atoms with Crippen LogP contribution in [0.5, 0.6) is 0 Å². The average Bonchev–Trinajstić information content (AvgIpc) is 2.82. The van der Waals surface area contributed by atoms with E-state index in [0.29, 0.717) is 18.4 Å². The quantitative estimate of drug-likeness (QED) is 0.427. The van der Waals surface area contributed by atoms with Crippen molar-refractivity contribution in [3.8, 4) is 0 Å². The van der Waals surface area contributed by atoms with Crippen molar-refractivity contribution < 1.29 is 4.74 Å². The van der Waals surface area contributed by atoms with Gasteiger partial charge in [-0.05, 0) is 31.5 Å². The van der Waals surface area contributed by atoms with E-state index in [-0.39, 0.29) is 17.5 Å². The summed E-state index contributed by atoms with van der Waals surface area (Å²) in [5.41, 5.74) is 9.09. The van der Waals surface area contributed by atoms with Crippen LogP contribution in [0, 0.1) is 0 Å². The molecule has 0 spiro atoms. The number of ether oxygens (including phenoxy) is 1. The topological polar surface area (TPSA) is 60.6 Å². The maximum Gasteiger partial charge on any atom is 0.181 e. The highest BCUT2D eigenvalue weighted by atomic mass is 35.5. The minimum Gasteiger partial charge on any atom is -0.379 e. The molecule has 3 unspecified atom stereocenters. The van der Waals surface area contributed by atoms with Crippen molar-refractivity contribution in [1.82, 2.24) is 26.6 Å². The molecular weight excluding hydrogens is 274 g/mol. The van der Waals surface area contributed by atoms with Crippen molar-refractivity contribution in [2.45, 2.75) is 36.8 Å². The predicted octanol–water partition coefficient (Wildman–Crippen LogP) is -0.135. The number of methoxy groups -OCH3 is 1. The van der Waals surface area contributed by atoms with E-state index in [4.69, 9.17) is 28.6 Å². The van der Waals surface area contributed by atoms with Gasteiger partial charge in [-0.3, -0.25) is 5.43 Å². The molecule has 6 nitrogen and oxygen atoms in total. The molecule has 2 aliphatic rings. The van der Waals surface area contributed by atoms with Crippen LogP contribution in [0.25, 0.3) is 0 Å². The maximum absolute atomic E-state index is 6.20. The first-order valence-corrected chi connectivity index (χ1v) is 6.98. The first kappa shape index (κ1) is 14.2. The molecular formula is C10H20ClN5OS. The van der Waals surface area contributed by atoms with E-state index >= 15 is 0 Å². The minimum atomic E-state index is 0.176. The van der Waals surface area contributed by atoms with Gasteiger partial charge in [-0.15, -0.1) is 11.6 Å². The lowest BCUT2D eigenvalue weighted by atomic mass is 9.92. The van der Waals surface area contributed by atoms with Crippen LogP contribution < -0.4 is 21.6 Å². The molecule has 0 bridgehead atoms. The Labute approximate surface area is 118 Å². The highest BCUT2D eigenvalue weighted by Crippen LogP contribution is 2.25. The molecule has 0 aromatic carbocycles. The van der Waals surface area contributed by atoms with Crippen molar-refractivity contribution in [2.75, 3.05) is 20.4 Å². The second-order valence-corrected chi connectivity index (χ2v) is 5.61. The minimum absolute atomic E-state index is 0.176. The SMILES string of the molecule is COC1CCC(Cl)CC1NC(=S)NN1CNNC1. The Hall–Kier alpha value is -0.180. The van der Waals surface area contributed by atoms with Crippen LogP contribution in [0.2, 0.25) is 0 Å². The van der Waals surface area contributed by atoms with Crippen LogP contribution in [-0.4, -0.2) is 48.1 Å². The van der Waals surface area contributed by atoms with Gasteiger partial charge in [0.25, 0.3) is 0 Å².